The van der Waals surface area contributed by atoms with Crippen LogP contribution in [0.15, 0.2) is 0 Å². The maximum absolute atomic E-state index is 3.64. The summed E-state index contributed by atoms with van der Waals surface area (Å²) in [7, 11) is 0. The molecule has 3 atom stereocenters. The molecule has 2 fully saturated rings. The summed E-state index contributed by atoms with van der Waals surface area (Å²) in [5.41, 5.74) is 0. The lowest BCUT2D eigenvalue weighted by molar-refractivity contribution is 0.204. The Hall–Kier alpha value is -0.0400. The standard InChI is InChI=1S/C13H25N/c1-10-8-13(9-14-11(10)2)7-6-12-4-3-5-12/h10-14H,3-9H2,1-2H3. The van der Waals surface area contributed by atoms with E-state index in [1.54, 1.807) is 0 Å². The van der Waals surface area contributed by atoms with Gasteiger partial charge in [-0.25, -0.2) is 0 Å². The molecule has 0 aromatic rings. The Morgan fingerprint density at radius 3 is 2.36 bits per heavy atom. The van der Waals surface area contributed by atoms with Crippen molar-refractivity contribution in [2.24, 2.45) is 17.8 Å². The molecule has 14 heavy (non-hydrogen) atoms. The van der Waals surface area contributed by atoms with Crippen LogP contribution < -0.4 is 5.32 Å². The Labute approximate surface area is 88.7 Å². The van der Waals surface area contributed by atoms with Crippen molar-refractivity contribution in [1.29, 1.82) is 0 Å². The number of hydrogen-bond acceptors (Lipinski definition) is 1. The minimum Gasteiger partial charge on any atom is -0.314 e. The van der Waals surface area contributed by atoms with Gasteiger partial charge in [0.05, 0.1) is 0 Å². The first-order valence-electron chi connectivity index (χ1n) is 6.49. The van der Waals surface area contributed by atoms with E-state index in [1.807, 2.05) is 0 Å². The molecule has 1 N–H and O–H groups in total. The highest BCUT2D eigenvalue weighted by atomic mass is 14.9. The van der Waals surface area contributed by atoms with Crippen LogP contribution in [0.5, 0.6) is 0 Å². The van der Waals surface area contributed by atoms with E-state index in [2.05, 4.69) is 19.2 Å². The summed E-state index contributed by atoms with van der Waals surface area (Å²) in [5.74, 6) is 2.96. The highest BCUT2D eigenvalue weighted by molar-refractivity contribution is 4.81. The molecule has 0 aromatic heterocycles. The largest absolute Gasteiger partial charge is 0.314 e. The molecule has 2 rings (SSSR count). The van der Waals surface area contributed by atoms with Gasteiger partial charge in [-0.2, -0.15) is 0 Å². The Morgan fingerprint density at radius 1 is 1.07 bits per heavy atom. The predicted molar refractivity (Wildman–Crippen MR) is 61.3 cm³/mol. The van der Waals surface area contributed by atoms with E-state index in [4.69, 9.17) is 0 Å². The van der Waals surface area contributed by atoms with E-state index < -0.39 is 0 Å². The summed E-state index contributed by atoms with van der Waals surface area (Å²) in [6, 6.07) is 0.745. The fraction of sp³-hybridized carbons (Fsp3) is 1.00. The molecule has 0 amide bonds. The van der Waals surface area contributed by atoms with Crippen molar-refractivity contribution >= 4 is 0 Å². The van der Waals surface area contributed by atoms with Gasteiger partial charge >= 0.3 is 0 Å². The molecule has 0 aromatic carbocycles. The van der Waals surface area contributed by atoms with Crippen LogP contribution in [0.2, 0.25) is 0 Å². The molecule has 0 radical (unpaired) electrons. The van der Waals surface area contributed by atoms with Gasteiger partial charge < -0.3 is 5.32 Å². The zero-order valence-corrected chi connectivity index (χ0v) is 9.76. The van der Waals surface area contributed by atoms with Gasteiger partial charge in [-0.1, -0.05) is 32.6 Å². The van der Waals surface area contributed by atoms with Crippen molar-refractivity contribution in [2.45, 2.75) is 58.4 Å². The third-order valence-electron chi connectivity index (χ3n) is 4.50. The lowest BCUT2D eigenvalue weighted by atomic mass is 9.77. The van der Waals surface area contributed by atoms with Crippen LogP contribution in [0.4, 0.5) is 0 Å². The number of nitrogens with one attached hydrogen (secondary N) is 1. The highest BCUT2D eigenvalue weighted by Crippen LogP contribution is 2.33. The zero-order valence-electron chi connectivity index (χ0n) is 9.76. The van der Waals surface area contributed by atoms with E-state index in [-0.39, 0.29) is 0 Å². The van der Waals surface area contributed by atoms with Gasteiger partial charge in [0.25, 0.3) is 0 Å². The van der Waals surface area contributed by atoms with Crippen LogP contribution in [0.1, 0.15) is 52.4 Å². The Balaban J connectivity index is 1.65. The molecule has 1 saturated carbocycles. The molecule has 1 nitrogen and oxygen atoms in total. The van der Waals surface area contributed by atoms with Crippen LogP contribution in [-0.2, 0) is 0 Å². The molecule has 1 saturated heterocycles. The molecule has 0 bridgehead atoms. The first-order chi connectivity index (χ1) is 6.75. The minimum atomic E-state index is 0.745. The molecule has 3 unspecified atom stereocenters. The van der Waals surface area contributed by atoms with Crippen molar-refractivity contribution in [3.05, 3.63) is 0 Å². The van der Waals surface area contributed by atoms with E-state index >= 15 is 0 Å². The van der Waals surface area contributed by atoms with Crippen LogP contribution in [-0.4, -0.2) is 12.6 Å². The quantitative estimate of drug-likeness (QED) is 0.729. The summed E-state index contributed by atoms with van der Waals surface area (Å²) in [4.78, 5) is 0. The number of hydrogen-bond donors (Lipinski definition) is 1. The topological polar surface area (TPSA) is 12.0 Å². The molecule has 0 spiro atoms. The van der Waals surface area contributed by atoms with Crippen molar-refractivity contribution in [3.8, 4) is 0 Å². The van der Waals surface area contributed by atoms with E-state index in [1.165, 1.54) is 45.1 Å². The van der Waals surface area contributed by atoms with E-state index in [0.29, 0.717) is 0 Å². The second-order valence-corrected chi connectivity index (χ2v) is 5.65. The van der Waals surface area contributed by atoms with Gasteiger partial charge in [0, 0.05) is 6.04 Å². The van der Waals surface area contributed by atoms with E-state index in [9.17, 15) is 0 Å². The molecule has 1 aliphatic carbocycles. The molecular formula is C13H25N. The zero-order chi connectivity index (χ0) is 9.97. The first kappa shape index (κ1) is 10.5. The summed E-state index contributed by atoms with van der Waals surface area (Å²) in [6.45, 7) is 6.00. The van der Waals surface area contributed by atoms with Crippen molar-refractivity contribution in [3.63, 3.8) is 0 Å². The average molecular weight is 195 g/mol. The molecular weight excluding hydrogens is 170 g/mol. The summed E-state index contributed by atoms with van der Waals surface area (Å²) >= 11 is 0. The van der Waals surface area contributed by atoms with Gasteiger partial charge in [-0.05, 0) is 44.1 Å². The summed E-state index contributed by atoms with van der Waals surface area (Å²) in [6.07, 6.45) is 8.99. The van der Waals surface area contributed by atoms with Gasteiger partial charge in [-0.3, -0.25) is 0 Å². The molecule has 2 aliphatic rings. The smallest absolute Gasteiger partial charge is 0.00645 e. The monoisotopic (exact) mass is 195 g/mol. The molecule has 1 heteroatoms. The SMILES string of the molecule is CC1CC(CCC2CCC2)CNC1C. The number of rotatable bonds is 3. The molecule has 1 heterocycles. The maximum Gasteiger partial charge on any atom is 0.00645 e. The van der Waals surface area contributed by atoms with Gasteiger partial charge in [-0.15, -0.1) is 0 Å². The van der Waals surface area contributed by atoms with Crippen LogP contribution in [0.25, 0.3) is 0 Å². The predicted octanol–water partition coefficient (Wildman–Crippen LogP) is 3.20. The number of piperidine rings is 1. The summed E-state index contributed by atoms with van der Waals surface area (Å²) < 4.78 is 0. The van der Waals surface area contributed by atoms with Crippen molar-refractivity contribution < 1.29 is 0 Å². The third kappa shape index (κ3) is 2.50. The Morgan fingerprint density at radius 2 is 1.79 bits per heavy atom. The van der Waals surface area contributed by atoms with Crippen LogP contribution >= 0.6 is 0 Å². The fourth-order valence-electron chi connectivity index (χ4n) is 2.84. The second kappa shape index (κ2) is 4.65. The molecule has 1 aliphatic heterocycles. The lowest BCUT2D eigenvalue weighted by Crippen LogP contribution is -2.42. The fourth-order valence-corrected chi connectivity index (χ4v) is 2.84. The van der Waals surface area contributed by atoms with Gasteiger partial charge in [0.1, 0.15) is 0 Å². The first-order valence-corrected chi connectivity index (χ1v) is 6.49. The van der Waals surface area contributed by atoms with Crippen LogP contribution in [0.3, 0.4) is 0 Å². The van der Waals surface area contributed by atoms with E-state index in [0.717, 1.165) is 23.8 Å². The average Bonchev–Trinajstić information content (AvgIpc) is 2.08. The molecule has 82 valence electrons. The Bertz CT molecular complexity index is 174. The second-order valence-electron chi connectivity index (χ2n) is 5.65. The summed E-state index contributed by atoms with van der Waals surface area (Å²) in [5, 5.41) is 3.64. The Kier molecular flexibility index (Phi) is 3.48. The highest BCUT2D eigenvalue weighted by Gasteiger charge is 2.25. The van der Waals surface area contributed by atoms with Crippen molar-refractivity contribution in [2.75, 3.05) is 6.54 Å². The van der Waals surface area contributed by atoms with Gasteiger partial charge in [0.2, 0.25) is 0 Å². The maximum atomic E-state index is 3.64. The normalized spacial score (nSPS) is 39.4. The van der Waals surface area contributed by atoms with Crippen LogP contribution in [0, 0.1) is 17.8 Å². The third-order valence-corrected chi connectivity index (χ3v) is 4.50. The van der Waals surface area contributed by atoms with Crippen molar-refractivity contribution in [1.82, 2.24) is 5.32 Å². The minimum absolute atomic E-state index is 0.745. The lowest BCUT2D eigenvalue weighted by Gasteiger charge is -2.35. The van der Waals surface area contributed by atoms with Gasteiger partial charge in [0.15, 0.2) is 0 Å².